The molecule has 5 heteroatoms. The normalized spacial score (nSPS) is 17.8. The summed E-state index contributed by atoms with van der Waals surface area (Å²) in [5.74, 6) is -0.119. The maximum atomic E-state index is 12.8. The largest absolute Gasteiger partial charge is 0.507 e. The average molecular weight is 368 g/mol. The molecule has 1 saturated heterocycles. The minimum atomic E-state index is -0.139. The highest BCUT2D eigenvalue weighted by atomic mass is 16.3. The van der Waals surface area contributed by atoms with E-state index in [1.54, 1.807) is 23.1 Å². The number of aliphatic hydroxyl groups excluding tert-OH is 1. The van der Waals surface area contributed by atoms with Crippen molar-refractivity contribution in [2.24, 2.45) is 0 Å². The van der Waals surface area contributed by atoms with Gasteiger partial charge < -0.3 is 15.1 Å². The summed E-state index contributed by atoms with van der Waals surface area (Å²) < 4.78 is 0. The second-order valence-electron chi connectivity index (χ2n) is 7.06. The van der Waals surface area contributed by atoms with E-state index in [0.717, 1.165) is 25.9 Å². The Morgan fingerprint density at radius 3 is 2.52 bits per heavy atom. The first kappa shape index (κ1) is 19.4. The Kier molecular flexibility index (Phi) is 6.85. The van der Waals surface area contributed by atoms with Crippen molar-refractivity contribution in [2.45, 2.75) is 25.3 Å². The van der Waals surface area contributed by atoms with E-state index in [0.29, 0.717) is 25.1 Å². The molecule has 144 valence electrons. The SMILES string of the molecule is O=C(c1ccccc1O)N1CCN(CCCc2ccccc2)C(CCO)C1. The van der Waals surface area contributed by atoms with Crippen LogP contribution in [0.25, 0.3) is 0 Å². The molecule has 2 N–H and O–H groups in total. The molecule has 3 rings (SSSR count). The first-order chi connectivity index (χ1) is 13.2. The van der Waals surface area contributed by atoms with Crippen LogP contribution in [-0.2, 0) is 6.42 Å². The van der Waals surface area contributed by atoms with Crippen molar-refractivity contribution >= 4 is 5.91 Å². The predicted octanol–water partition coefficient (Wildman–Crippen LogP) is 2.53. The molecule has 0 saturated carbocycles. The van der Waals surface area contributed by atoms with Crippen LogP contribution >= 0.6 is 0 Å². The number of hydrogen-bond acceptors (Lipinski definition) is 4. The Bertz CT molecular complexity index is 735. The Morgan fingerprint density at radius 2 is 1.78 bits per heavy atom. The van der Waals surface area contributed by atoms with Crippen LogP contribution in [0.5, 0.6) is 5.75 Å². The van der Waals surface area contributed by atoms with Crippen LogP contribution in [0.4, 0.5) is 0 Å². The van der Waals surface area contributed by atoms with Gasteiger partial charge in [0, 0.05) is 32.3 Å². The highest BCUT2D eigenvalue weighted by Gasteiger charge is 2.30. The first-order valence-electron chi connectivity index (χ1n) is 9.65. The highest BCUT2D eigenvalue weighted by molar-refractivity contribution is 5.96. The number of nitrogens with zero attached hydrogens (tertiary/aromatic N) is 2. The number of aryl methyl sites for hydroxylation is 1. The van der Waals surface area contributed by atoms with Crippen LogP contribution < -0.4 is 0 Å². The molecule has 0 radical (unpaired) electrons. The van der Waals surface area contributed by atoms with Crippen LogP contribution in [-0.4, -0.2) is 64.7 Å². The van der Waals surface area contributed by atoms with Crippen LogP contribution in [0.1, 0.15) is 28.8 Å². The van der Waals surface area contributed by atoms with E-state index in [2.05, 4.69) is 29.2 Å². The Hall–Kier alpha value is -2.37. The maximum Gasteiger partial charge on any atom is 0.257 e. The molecular weight excluding hydrogens is 340 g/mol. The predicted molar refractivity (Wildman–Crippen MR) is 106 cm³/mol. The van der Waals surface area contributed by atoms with Crippen molar-refractivity contribution in [3.63, 3.8) is 0 Å². The number of amides is 1. The number of benzene rings is 2. The molecule has 5 nitrogen and oxygen atoms in total. The fourth-order valence-electron chi connectivity index (χ4n) is 3.75. The molecule has 1 atom stereocenters. The molecule has 27 heavy (non-hydrogen) atoms. The van der Waals surface area contributed by atoms with Crippen molar-refractivity contribution in [3.05, 3.63) is 65.7 Å². The maximum absolute atomic E-state index is 12.8. The van der Waals surface area contributed by atoms with Crippen LogP contribution in [0.15, 0.2) is 54.6 Å². The first-order valence-corrected chi connectivity index (χ1v) is 9.65. The number of piperazine rings is 1. The Morgan fingerprint density at radius 1 is 1.04 bits per heavy atom. The van der Waals surface area contributed by atoms with Gasteiger partial charge in [-0.15, -0.1) is 0 Å². The summed E-state index contributed by atoms with van der Waals surface area (Å²) in [5.41, 5.74) is 1.68. The molecule has 2 aromatic carbocycles. The van der Waals surface area contributed by atoms with E-state index in [4.69, 9.17) is 0 Å². The van der Waals surface area contributed by atoms with Crippen molar-refractivity contribution in [1.29, 1.82) is 0 Å². The number of rotatable bonds is 7. The molecule has 1 fully saturated rings. The third kappa shape index (κ3) is 5.08. The number of phenolic OH excluding ortho intramolecular Hbond substituents is 1. The molecule has 1 amide bonds. The molecule has 2 aromatic rings. The minimum absolute atomic E-state index is 0.0199. The zero-order valence-corrected chi connectivity index (χ0v) is 15.6. The van der Waals surface area contributed by atoms with E-state index in [-0.39, 0.29) is 24.3 Å². The second kappa shape index (κ2) is 9.53. The number of carbonyl (C=O) groups is 1. The lowest BCUT2D eigenvalue weighted by Crippen LogP contribution is -2.55. The number of aromatic hydroxyl groups is 1. The van der Waals surface area contributed by atoms with Crippen molar-refractivity contribution in [3.8, 4) is 5.75 Å². The monoisotopic (exact) mass is 368 g/mol. The summed E-state index contributed by atoms with van der Waals surface area (Å²) in [7, 11) is 0. The second-order valence-corrected chi connectivity index (χ2v) is 7.06. The Labute approximate surface area is 160 Å². The van der Waals surface area contributed by atoms with Crippen LogP contribution in [0.3, 0.4) is 0 Å². The van der Waals surface area contributed by atoms with Gasteiger partial charge in [0.25, 0.3) is 5.91 Å². The third-order valence-electron chi connectivity index (χ3n) is 5.24. The summed E-state index contributed by atoms with van der Waals surface area (Å²) in [6, 6.07) is 17.3. The van der Waals surface area contributed by atoms with Gasteiger partial charge in [0.05, 0.1) is 5.56 Å². The van der Waals surface area contributed by atoms with Gasteiger partial charge in [-0.1, -0.05) is 42.5 Å². The number of phenols is 1. The van der Waals surface area contributed by atoms with Crippen LogP contribution in [0.2, 0.25) is 0 Å². The van der Waals surface area contributed by atoms with Gasteiger partial charge in [-0.2, -0.15) is 0 Å². The van der Waals surface area contributed by atoms with E-state index in [1.165, 1.54) is 11.6 Å². The minimum Gasteiger partial charge on any atom is -0.507 e. The lowest BCUT2D eigenvalue weighted by atomic mass is 10.0. The van der Waals surface area contributed by atoms with Gasteiger partial charge in [-0.25, -0.2) is 0 Å². The van der Waals surface area contributed by atoms with E-state index in [1.807, 2.05) is 6.07 Å². The summed E-state index contributed by atoms with van der Waals surface area (Å²) in [6.07, 6.45) is 2.74. The molecular formula is C22H28N2O3. The molecule has 0 bridgehead atoms. The van der Waals surface area contributed by atoms with Gasteiger partial charge >= 0.3 is 0 Å². The van der Waals surface area contributed by atoms with Crippen LogP contribution in [0, 0.1) is 0 Å². The quantitative estimate of drug-likeness (QED) is 0.788. The smallest absolute Gasteiger partial charge is 0.257 e. The summed E-state index contributed by atoms with van der Waals surface area (Å²) in [4.78, 5) is 16.9. The van der Waals surface area contributed by atoms with Gasteiger partial charge in [0.15, 0.2) is 0 Å². The van der Waals surface area contributed by atoms with Crippen molar-refractivity contribution in [2.75, 3.05) is 32.8 Å². The topological polar surface area (TPSA) is 64.0 Å². The summed E-state index contributed by atoms with van der Waals surface area (Å²) in [5, 5.41) is 19.4. The van der Waals surface area contributed by atoms with E-state index >= 15 is 0 Å². The fourth-order valence-corrected chi connectivity index (χ4v) is 3.75. The third-order valence-corrected chi connectivity index (χ3v) is 5.24. The number of carbonyl (C=O) groups excluding carboxylic acids is 1. The molecule has 0 aliphatic carbocycles. The standard InChI is InChI=1S/C22H28N2O3/c25-16-12-19-17-24(22(27)20-10-4-5-11-21(20)26)15-14-23(19)13-6-9-18-7-2-1-3-8-18/h1-5,7-8,10-11,19,25-26H,6,9,12-17H2. The van der Waals surface area contributed by atoms with Gasteiger partial charge in [-0.05, 0) is 43.5 Å². The molecule has 0 aromatic heterocycles. The molecule has 1 heterocycles. The van der Waals surface area contributed by atoms with Crippen molar-refractivity contribution in [1.82, 2.24) is 9.80 Å². The summed E-state index contributed by atoms with van der Waals surface area (Å²) >= 11 is 0. The zero-order chi connectivity index (χ0) is 19.1. The fraction of sp³-hybridized carbons (Fsp3) is 0.409. The Balaban J connectivity index is 1.58. The number of para-hydroxylation sites is 1. The number of hydrogen-bond donors (Lipinski definition) is 2. The molecule has 1 aliphatic heterocycles. The lowest BCUT2D eigenvalue weighted by Gasteiger charge is -2.41. The molecule has 1 aliphatic rings. The average Bonchev–Trinajstić information content (AvgIpc) is 2.70. The molecule has 1 unspecified atom stereocenters. The van der Waals surface area contributed by atoms with Gasteiger partial charge in [-0.3, -0.25) is 9.69 Å². The summed E-state index contributed by atoms with van der Waals surface area (Å²) in [6.45, 7) is 3.08. The van der Waals surface area contributed by atoms with Crippen molar-refractivity contribution < 1.29 is 15.0 Å². The number of aliphatic hydroxyl groups is 1. The highest BCUT2D eigenvalue weighted by Crippen LogP contribution is 2.21. The zero-order valence-electron chi connectivity index (χ0n) is 15.6. The molecule has 0 spiro atoms. The van der Waals surface area contributed by atoms with E-state index in [9.17, 15) is 15.0 Å². The van der Waals surface area contributed by atoms with E-state index < -0.39 is 0 Å². The lowest BCUT2D eigenvalue weighted by molar-refractivity contribution is 0.0417. The van der Waals surface area contributed by atoms with Gasteiger partial charge in [0.2, 0.25) is 0 Å². The van der Waals surface area contributed by atoms with Gasteiger partial charge in [0.1, 0.15) is 5.75 Å².